The molecule has 2 N–H and O–H groups in total. The van der Waals surface area contributed by atoms with Gasteiger partial charge < -0.3 is 34.0 Å². The van der Waals surface area contributed by atoms with E-state index in [0.717, 1.165) is 48.8 Å². The molecule has 0 saturated heterocycles. The number of ether oxygens (including phenoxy) is 4. The van der Waals surface area contributed by atoms with Crippen LogP contribution in [0.4, 0.5) is 4.79 Å². The number of hydrogen-bond acceptors (Lipinski definition) is 10. The number of rotatable bonds is 19. The lowest BCUT2D eigenvalue weighted by Gasteiger charge is -2.59. The van der Waals surface area contributed by atoms with Gasteiger partial charge in [-0.2, -0.15) is 0 Å². The van der Waals surface area contributed by atoms with Crippen molar-refractivity contribution >= 4 is 18.1 Å². The zero-order valence-electron chi connectivity index (χ0n) is 30.7. The number of aliphatic hydroxyl groups excluding tert-OH is 2. The molecule has 0 aromatic heterocycles. The summed E-state index contributed by atoms with van der Waals surface area (Å²) in [4.78, 5) is 32.6. The molecule has 1 heterocycles. The number of carbonyl (C=O) groups excluding carboxylic acids is 2. The fourth-order valence-corrected chi connectivity index (χ4v) is 8.37. The summed E-state index contributed by atoms with van der Waals surface area (Å²) in [6.45, 7) is 9.03. The molecule has 3 aliphatic rings. The third kappa shape index (κ3) is 8.22. The highest BCUT2D eigenvalue weighted by atomic mass is 16.7. The normalized spacial score (nSPS) is 25.2. The third-order valence-electron chi connectivity index (χ3n) is 10.4. The van der Waals surface area contributed by atoms with Crippen LogP contribution in [0.2, 0.25) is 0 Å². The van der Waals surface area contributed by atoms with E-state index in [1.807, 2.05) is 38.1 Å². The molecule has 11 nitrogen and oxygen atoms in total. The number of oxime groups is 1. The second kappa shape index (κ2) is 18.5. The van der Waals surface area contributed by atoms with Gasteiger partial charge in [-0.3, -0.25) is 9.69 Å². The van der Waals surface area contributed by atoms with Crippen LogP contribution in [0, 0.1) is 17.8 Å². The molecule has 52 heavy (non-hydrogen) atoms. The largest absolute Gasteiger partial charge is 0.459 e. The van der Waals surface area contributed by atoms with E-state index in [9.17, 15) is 19.8 Å². The van der Waals surface area contributed by atoms with Gasteiger partial charge in [0, 0.05) is 43.2 Å². The third-order valence-corrected chi connectivity index (χ3v) is 10.4. The number of nitrogens with zero attached hydrogens (tertiary/aromatic N) is 2. The van der Waals surface area contributed by atoms with Gasteiger partial charge in [0.1, 0.15) is 36.2 Å². The lowest BCUT2D eigenvalue weighted by molar-refractivity contribution is -0.255. The number of amides is 1. The molecular formula is C41H54N2O9. The predicted molar refractivity (Wildman–Crippen MR) is 198 cm³/mol. The SMILES string of the molecule is C=CCOC12Oc3ccc(Oc4cccc(C=O)c4)cc3C3C(CCCCO)C(CCCCO)C=C(C(=NOCC)CC1N(CCC)C(=O)OC)C32. The molecule has 2 aromatic carbocycles. The highest BCUT2D eigenvalue weighted by Crippen LogP contribution is 2.62. The van der Waals surface area contributed by atoms with Crippen molar-refractivity contribution < 1.29 is 43.6 Å². The van der Waals surface area contributed by atoms with Crippen LogP contribution < -0.4 is 9.47 Å². The highest BCUT2D eigenvalue weighted by molar-refractivity contribution is 6.03. The Bertz CT molecular complexity index is 1590. The Hall–Kier alpha value is -4.19. The van der Waals surface area contributed by atoms with Gasteiger partial charge in [-0.25, -0.2) is 4.79 Å². The van der Waals surface area contributed by atoms with Crippen molar-refractivity contribution in [1.82, 2.24) is 4.90 Å². The summed E-state index contributed by atoms with van der Waals surface area (Å²) in [6.07, 6.45) is 9.95. The smallest absolute Gasteiger partial charge is 0.409 e. The van der Waals surface area contributed by atoms with Crippen molar-refractivity contribution in [2.45, 2.75) is 83.0 Å². The lowest BCUT2D eigenvalue weighted by Crippen LogP contribution is -2.70. The topological polar surface area (TPSA) is 136 Å². The molecule has 5 rings (SSSR count). The van der Waals surface area contributed by atoms with Gasteiger partial charge in [0.2, 0.25) is 5.79 Å². The van der Waals surface area contributed by atoms with E-state index in [0.29, 0.717) is 61.6 Å². The van der Waals surface area contributed by atoms with E-state index in [2.05, 4.69) is 12.7 Å². The molecule has 282 valence electrons. The molecule has 6 atom stereocenters. The van der Waals surface area contributed by atoms with Crippen LogP contribution in [-0.4, -0.2) is 85.1 Å². The summed E-state index contributed by atoms with van der Waals surface area (Å²) in [5, 5.41) is 24.3. The number of benzene rings is 2. The molecule has 11 heteroatoms. The molecule has 1 saturated carbocycles. The molecule has 0 bridgehead atoms. The summed E-state index contributed by atoms with van der Waals surface area (Å²) < 4.78 is 25.8. The maximum atomic E-state index is 13.6. The first-order chi connectivity index (χ1) is 25.4. The number of carbonyl (C=O) groups is 2. The van der Waals surface area contributed by atoms with Gasteiger partial charge in [0.15, 0.2) is 0 Å². The minimum Gasteiger partial charge on any atom is -0.459 e. The quantitative estimate of drug-likeness (QED) is 0.0658. The molecule has 1 aliphatic heterocycles. The van der Waals surface area contributed by atoms with Crippen molar-refractivity contribution in [3.8, 4) is 17.2 Å². The van der Waals surface area contributed by atoms with Crippen molar-refractivity contribution in [1.29, 1.82) is 0 Å². The zero-order chi connectivity index (χ0) is 37.1. The monoisotopic (exact) mass is 718 g/mol. The first-order valence-electron chi connectivity index (χ1n) is 18.7. The van der Waals surface area contributed by atoms with Crippen LogP contribution >= 0.6 is 0 Å². The number of hydrogen-bond donors (Lipinski definition) is 2. The van der Waals surface area contributed by atoms with E-state index in [1.54, 1.807) is 29.2 Å². The van der Waals surface area contributed by atoms with E-state index < -0.39 is 23.8 Å². The van der Waals surface area contributed by atoms with Crippen LogP contribution in [0.1, 0.15) is 87.1 Å². The minimum absolute atomic E-state index is 0.0758. The van der Waals surface area contributed by atoms with Crippen LogP contribution in [0.5, 0.6) is 17.2 Å². The Labute approximate surface area is 307 Å². The van der Waals surface area contributed by atoms with Crippen LogP contribution in [-0.2, 0) is 14.3 Å². The molecule has 1 amide bonds. The fraction of sp³-hybridized carbons (Fsp3) is 0.537. The number of aldehydes is 1. The Kier molecular flexibility index (Phi) is 13.9. The predicted octanol–water partition coefficient (Wildman–Crippen LogP) is 7.42. The van der Waals surface area contributed by atoms with E-state index in [-0.39, 0.29) is 37.6 Å². The van der Waals surface area contributed by atoms with E-state index in [4.69, 9.17) is 28.9 Å². The summed E-state index contributed by atoms with van der Waals surface area (Å²) in [5.41, 5.74) is 3.14. The summed E-state index contributed by atoms with van der Waals surface area (Å²) in [6, 6.07) is 12.1. The number of unbranched alkanes of at least 4 members (excludes halogenated alkanes) is 2. The number of allylic oxidation sites excluding steroid dienone is 1. The molecule has 0 radical (unpaired) electrons. The minimum atomic E-state index is -1.35. The number of aliphatic hydroxyl groups is 2. The summed E-state index contributed by atoms with van der Waals surface area (Å²) in [7, 11) is 1.38. The van der Waals surface area contributed by atoms with Gasteiger partial charge in [-0.15, -0.1) is 6.58 Å². The van der Waals surface area contributed by atoms with Crippen LogP contribution in [0.3, 0.4) is 0 Å². The van der Waals surface area contributed by atoms with Gasteiger partial charge in [0.25, 0.3) is 0 Å². The van der Waals surface area contributed by atoms with Crippen molar-refractivity contribution in [2.75, 3.05) is 40.1 Å². The second-order valence-electron chi connectivity index (χ2n) is 13.6. The Morgan fingerprint density at radius 2 is 1.85 bits per heavy atom. The number of fused-ring (bicyclic) bond motifs is 2. The standard InChI is InChI=1S/C41H54N2O9/c1-5-19-43(40(47)48-4)37-26-35(42-50-7-3)33-24-29(14-8-10-20-44)32(16-9-11-21-45)38-34-25-31(51-30-15-12-13-28(23-30)27-46)17-18-36(34)52-41(37,39(33)38)49-22-6-2/h6,12-13,15,17-18,23-25,27,29,32,37-39,44-45H,2,5,7-11,14,16,19-22,26H2,1,3-4H3. The zero-order valence-corrected chi connectivity index (χ0v) is 30.7. The first-order valence-corrected chi connectivity index (χ1v) is 18.7. The first kappa shape index (κ1) is 39.0. The summed E-state index contributed by atoms with van der Waals surface area (Å²) in [5.74, 6) is -0.0365. The molecule has 2 aromatic rings. The summed E-state index contributed by atoms with van der Waals surface area (Å²) >= 11 is 0. The van der Waals surface area contributed by atoms with Crippen LogP contribution in [0.25, 0.3) is 0 Å². The fourth-order valence-electron chi connectivity index (χ4n) is 8.37. The van der Waals surface area contributed by atoms with Gasteiger partial charge >= 0.3 is 6.09 Å². The molecule has 0 spiro atoms. The molecule has 2 aliphatic carbocycles. The maximum absolute atomic E-state index is 13.6. The van der Waals surface area contributed by atoms with Gasteiger partial charge in [-0.05, 0) is 86.8 Å². The Morgan fingerprint density at radius 3 is 2.54 bits per heavy atom. The van der Waals surface area contributed by atoms with E-state index in [1.165, 1.54) is 7.11 Å². The van der Waals surface area contributed by atoms with Crippen molar-refractivity contribution in [2.24, 2.45) is 22.9 Å². The van der Waals surface area contributed by atoms with Crippen molar-refractivity contribution in [3.63, 3.8) is 0 Å². The Morgan fingerprint density at radius 1 is 1.08 bits per heavy atom. The molecular weight excluding hydrogens is 664 g/mol. The Balaban J connectivity index is 1.77. The van der Waals surface area contributed by atoms with Crippen molar-refractivity contribution in [3.05, 3.63) is 77.9 Å². The van der Waals surface area contributed by atoms with E-state index >= 15 is 0 Å². The maximum Gasteiger partial charge on any atom is 0.409 e. The number of methoxy groups -OCH3 is 1. The molecule has 6 unspecified atom stereocenters. The lowest BCUT2D eigenvalue weighted by atomic mass is 9.55. The highest BCUT2D eigenvalue weighted by Gasteiger charge is 2.65. The molecule has 1 fully saturated rings. The average molecular weight is 719 g/mol. The second-order valence-corrected chi connectivity index (χ2v) is 13.6. The van der Waals surface area contributed by atoms with Gasteiger partial charge in [0.05, 0.1) is 25.3 Å². The van der Waals surface area contributed by atoms with Crippen LogP contribution in [0.15, 0.2) is 71.9 Å². The average Bonchev–Trinajstić information content (AvgIpc) is 3.16. The van der Waals surface area contributed by atoms with Gasteiger partial charge in [-0.1, -0.05) is 49.2 Å².